The van der Waals surface area contributed by atoms with Crippen LogP contribution in [0.1, 0.15) is 19.8 Å². The third kappa shape index (κ3) is 1.74. The molecule has 0 aromatic rings. The second kappa shape index (κ2) is 4.05. The van der Waals surface area contributed by atoms with Crippen LogP contribution >= 0.6 is 0 Å². The molecule has 3 fully saturated rings. The minimum atomic E-state index is -0.451. The number of ether oxygens (including phenoxy) is 2. The molecule has 2 saturated carbocycles. The summed E-state index contributed by atoms with van der Waals surface area (Å²) in [6, 6.07) is 0. The second-order valence-corrected chi connectivity index (χ2v) is 5.50. The zero-order valence-electron chi connectivity index (χ0n) is 10.1. The molecule has 2 N–H and O–H groups in total. The molecule has 17 heavy (non-hydrogen) atoms. The highest BCUT2D eigenvalue weighted by atomic mass is 16.7. The monoisotopic (exact) mass is 240 g/mol. The van der Waals surface area contributed by atoms with E-state index in [9.17, 15) is 10.2 Å². The minimum absolute atomic E-state index is 0.131. The van der Waals surface area contributed by atoms with E-state index >= 15 is 0 Å². The molecule has 4 heteroatoms. The number of fused-ring (bicyclic) bond motifs is 2. The van der Waals surface area contributed by atoms with E-state index in [-0.39, 0.29) is 17.8 Å². The molecule has 5 atom stereocenters. The molecule has 3 rings (SSSR count). The Balaban J connectivity index is 1.68. The zero-order chi connectivity index (χ0) is 12.0. The van der Waals surface area contributed by atoms with Crippen LogP contribution in [0.25, 0.3) is 0 Å². The van der Waals surface area contributed by atoms with Gasteiger partial charge < -0.3 is 19.7 Å². The van der Waals surface area contributed by atoms with Crippen LogP contribution in [0.2, 0.25) is 0 Å². The van der Waals surface area contributed by atoms with Crippen molar-refractivity contribution in [3.63, 3.8) is 0 Å². The average Bonchev–Trinajstić information content (AvgIpc) is 2.83. The molecule has 4 nitrogen and oxygen atoms in total. The van der Waals surface area contributed by atoms with Crippen molar-refractivity contribution in [3.05, 3.63) is 12.2 Å². The lowest BCUT2D eigenvalue weighted by Crippen LogP contribution is -2.54. The molecule has 1 saturated heterocycles. The van der Waals surface area contributed by atoms with E-state index in [1.807, 2.05) is 6.08 Å². The molecule has 0 aromatic carbocycles. The molecule has 0 radical (unpaired) electrons. The topological polar surface area (TPSA) is 58.9 Å². The molecular weight excluding hydrogens is 220 g/mol. The van der Waals surface area contributed by atoms with Crippen LogP contribution in [0.15, 0.2) is 12.2 Å². The quantitative estimate of drug-likeness (QED) is 0.697. The third-order valence-corrected chi connectivity index (χ3v) is 4.42. The molecule has 1 aliphatic heterocycles. The Morgan fingerprint density at radius 2 is 2.06 bits per heavy atom. The van der Waals surface area contributed by atoms with Crippen LogP contribution in [0.4, 0.5) is 0 Å². The van der Waals surface area contributed by atoms with Crippen molar-refractivity contribution in [2.45, 2.75) is 37.8 Å². The maximum atomic E-state index is 10.2. The van der Waals surface area contributed by atoms with Gasteiger partial charge in [0.25, 0.3) is 0 Å². The zero-order valence-corrected chi connectivity index (χ0v) is 10.1. The van der Waals surface area contributed by atoms with Gasteiger partial charge in [-0.1, -0.05) is 12.2 Å². The van der Waals surface area contributed by atoms with E-state index in [1.165, 1.54) is 0 Å². The van der Waals surface area contributed by atoms with Crippen LogP contribution in [0.5, 0.6) is 0 Å². The summed E-state index contributed by atoms with van der Waals surface area (Å²) in [6.07, 6.45) is 4.65. The largest absolute Gasteiger partial charge is 0.392 e. The summed E-state index contributed by atoms with van der Waals surface area (Å²) in [5, 5.41) is 19.4. The smallest absolute Gasteiger partial charge is 0.172 e. The summed E-state index contributed by atoms with van der Waals surface area (Å²) in [6.45, 7) is 3.07. The Bertz CT molecular complexity index is 319. The summed E-state index contributed by atoms with van der Waals surface area (Å²) < 4.78 is 11.4. The van der Waals surface area contributed by atoms with E-state index in [2.05, 4.69) is 0 Å². The summed E-state index contributed by atoms with van der Waals surface area (Å²) in [7, 11) is 0. The molecule has 1 heterocycles. The fraction of sp³-hybridized carbons (Fsp3) is 0.846. The van der Waals surface area contributed by atoms with Crippen molar-refractivity contribution >= 4 is 0 Å². The van der Waals surface area contributed by atoms with Crippen molar-refractivity contribution in [2.75, 3.05) is 13.2 Å². The highest BCUT2D eigenvalue weighted by Gasteiger charge is 2.64. The molecule has 3 unspecified atom stereocenters. The van der Waals surface area contributed by atoms with Gasteiger partial charge in [-0.15, -0.1) is 0 Å². The van der Waals surface area contributed by atoms with Gasteiger partial charge in [0.15, 0.2) is 5.79 Å². The van der Waals surface area contributed by atoms with E-state index in [0.29, 0.717) is 25.0 Å². The molecule has 3 aliphatic rings. The van der Waals surface area contributed by atoms with Crippen molar-refractivity contribution in [1.82, 2.24) is 0 Å². The van der Waals surface area contributed by atoms with Crippen molar-refractivity contribution < 1.29 is 19.7 Å². The first-order valence-electron chi connectivity index (χ1n) is 6.45. The van der Waals surface area contributed by atoms with Crippen LogP contribution in [0, 0.1) is 17.8 Å². The van der Waals surface area contributed by atoms with E-state index in [0.717, 1.165) is 12.8 Å². The van der Waals surface area contributed by atoms with Crippen LogP contribution in [0.3, 0.4) is 0 Å². The molecular formula is C13H20O4. The Morgan fingerprint density at radius 1 is 1.35 bits per heavy atom. The average molecular weight is 240 g/mol. The van der Waals surface area contributed by atoms with Gasteiger partial charge in [0.1, 0.15) is 0 Å². The van der Waals surface area contributed by atoms with Gasteiger partial charge in [-0.05, 0) is 19.3 Å². The first kappa shape index (κ1) is 11.7. The first-order valence-corrected chi connectivity index (χ1v) is 6.45. The lowest BCUT2D eigenvalue weighted by Gasteiger charge is -2.48. The fourth-order valence-corrected chi connectivity index (χ4v) is 3.55. The standard InChI is InChI=1S/C13H20O4/c1-8(14)2-3-9-6-11-10(12(9)15)7-13(11)16-4-5-17-13/h2-3,8-12,14-15H,4-7H2,1H3/t8?,9?,10-,11+,12?/m1/s1. The van der Waals surface area contributed by atoms with Gasteiger partial charge in [0.2, 0.25) is 0 Å². The molecule has 96 valence electrons. The van der Waals surface area contributed by atoms with Crippen molar-refractivity contribution in [2.24, 2.45) is 17.8 Å². The summed E-state index contributed by atoms with van der Waals surface area (Å²) in [4.78, 5) is 0. The normalized spacial score (nSPS) is 45.1. The lowest BCUT2D eigenvalue weighted by molar-refractivity contribution is -0.275. The molecule has 2 aliphatic carbocycles. The predicted octanol–water partition coefficient (Wildman–Crippen LogP) is 0.683. The second-order valence-electron chi connectivity index (χ2n) is 5.50. The van der Waals surface area contributed by atoms with Crippen molar-refractivity contribution in [3.8, 4) is 0 Å². The van der Waals surface area contributed by atoms with Gasteiger partial charge in [-0.3, -0.25) is 0 Å². The summed E-state index contributed by atoms with van der Waals surface area (Å²) >= 11 is 0. The first-order chi connectivity index (χ1) is 8.12. The van der Waals surface area contributed by atoms with Gasteiger partial charge in [-0.25, -0.2) is 0 Å². The number of hydrogen-bond donors (Lipinski definition) is 2. The number of rotatable bonds is 2. The predicted molar refractivity (Wildman–Crippen MR) is 61.2 cm³/mol. The van der Waals surface area contributed by atoms with E-state index in [1.54, 1.807) is 13.0 Å². The van der Waals surface area contributed by atoms with Crippen LogP contribution in [-0.2, 0) is 9.47 Å². The Kier molecular flexibility index (Phi) is 2.78. The van der Waals surface area contributed by atoms with Gasteiger partial charge in [0.05, 0.1) is 25.4 Å². The Labute approximate surface area is 101 Å². The highest BCUT2D eigenvalue weighted by molar-refractivity contribution is 5.12. The Hall–Kier alpha value is -0.420. The SMILES string of the molecule is CC(O)C=CC1C[C@H]2[C@@H](CC23OCCO3)C1O. The van der Waals surface area contributed by atoms with Crippen molar-refractivity contribution in [1.29, 1.82) is 0 Å². The van der Waals surface area contributed by atoms with Crippen LogP contribution in [-0.4, -0.2) is 41.4 Å². The van der Waals surface area contributed by atoms with Gasteiger partial charge in [0, 0.05) is 18.3 Å². The molecule has 0 aromatic heterocycles. The van der Waals surface area contributed by atoms with Crippen LogP contribution < -0.4 is 0 Å². The Morgan fingerprint density at radius 3 is 2.71 bits per heavy atom. The van der Waals surface area contributed by atoms with E-state index < -0.39 is 6.10 Å². The molecule has 0 bridgehead atoms. The summed E-state index contributed by atoms with van der Waals surface area (Å²) in [5.74, 6) is 0.367. The number of aliphatic hydroxyl groups is 2. The van der Waals surface area contributed by atoms with E-state index in [4.69, 9.17) is 9.47 Å². The number of hydrogen-bond acceptors (Lipinski definition) is 4. The highest BCUT2D eigenvalue weighted by Crippen LogP contribution is 2.59. The fourth-order valence-electron chi connectivity index (χ4n) is 3.55. The lowest BCUT2D eigenvalue weighted by atomic mass is 9.69. The third-order valence-electron chi connectivity index (χ3n) is 4.42. The maximum Gasteiger partial charge on any atom is 0.172 e. The maximum absolute atomic E-state index is 10.2. The molecule has 0 amide bonds. The number of aliphatic hydroxyl groups excluding tert-OH is 2. The minimum Gasteiger partial charge on any atom is -0.392 e. The summed E-state index contributed by atoms with van der Waals surface area (Å²) in [5.41, 5.74) is 0. The van der Waals surface area contributed by atoms with Gasteiger partial charge in [-0.2, -0.15) is 0 Å². The molecule has 1 spiro atoms. The van der Waals surface area contributed by atoms with Gasteiger partial charge >= 0.3 is 0 Å².